The monoisotopic (exact) mass is 327 g/mol. The van der Waals surface area contributed by atoms with E-state index in [0.717, 1.165) is 16.3 Å². The van der Waals surface area contributed by atoms with Crippen LogP contribution in [0.2, 0.25) is 0 Å². The molecule has 2 heterocycles. The normalized spacial score (nSPS) is 10.5. The van der Waals surface area contributed by atoms with Gasteiger partial charge in [-0.2, -0.15) is 0 Å². The Hall–Kier alpha value is -2.60. The summed E-state index contributed by atoms with van der Waals surface area (Å²) in [4.78, 5) is 21.5. The highest BCUT2D eigenvalue weighted by Crippen LogP contribution is 2.26. The van der Waals surface area contributed by atoms with Crippen molar-refractivity contribution < 1.29 is 9.18 Å². The molecule has 1 amide bonds. The maximum absolute atomic E-state index is 12.9. The van der Waals surface area contributed by atoms with E-state index in [9.17, 15) is 9.18 Å². The van der Waals surface area contributed by atoms with Crippen LogP contribution in [0.25, 0.3) is 10.7 Å². The third kappa shape index (κ3) is 3.60. The number of aromatic nitrogens is 2. The fourth-order valence-corrected chi connectivity index (χ4v) is 3.03. The second kappa shape index (κ2) is 6.66. The zero-order valence-corrected chi connectivity index (χ0v) is 13.2. The molecule has 3 aromatic rings. The van der Waals surface area contributed by atoms with E-state index in [0.29, 0.717) is 17.1 Å². The van der Waals surface area contributed by atoms with Crippen LogP contribution in [0.3, 0.4) is 0 Å². The molecular formula is C17H14FN3OS. The molecule has 0 unspecified atom stereocenters. The van der Waals surface area contributed by atoms with Gasteiger partial charge in [0, 0.05) is 12.7 Å². The fraction of sp³-hybridized carbons (Fsp3) is 0.118. The number of benzene rings is 1. The molecule has 1 N–H and O–H groups in total. The maximum atomic E-state index is 12.9. The number of aryl methyl sites for hydroxylation is 1. The van der Waals surface area contributed by atoms with E-state index < -0.39 is 0 Å². The van der Waals surface area contributed by atoms with Crippen LogP contribution in [0.15, 0.2) is 48.7 Å². The van der Waals surface area contributed by atoms with Crippen LogP contribution in [-0.4, -0.2) is 15.9 Å². The lowest BCUT2D eigenvalue weighted by atomic mass is 10.2. The summed E-state index contributed by atoms with van der Waals surface area (Å²) < 4.78 is 12.9. The minimum Gasteiger partial charge on any atom is -0.347 e. The molecule has 4 nitrogen and oxygen atoms in total. The van der Waals surface area contributed by atoms with Crippen LogP contribution in [0.1, 0.15) is 20.9 Å². The van der Waals surface area contributed by atoms with Crippen molar-refractivity contribution in [1.82, 2.24) is 15.3 Å². The van der Waals surface area contributed by atoms with Crippen LogP contribution in [-0.2, 0) is 6.54 Å². The first-order valence-electron chi connectivity index (χ1n) is 7.05. The molecular weight excluding hydrogens is 313 g/mol. The predicted molar refractivity (Wildman–Crippen MR) is 87.7 cm³/mol. The lowest BCUT2D eigenvalue weighted by molar-refractivity contribution is 0.0954. The lowest BCUT2D eigenvalue weighted by Gasteiger charge is -2.04. The highest BCUT2D eigenvalue weighted by molar-refractivity contribution is 7.17. The number of carbonyl (C=O) groups excluding carboxylic acids is 1. The number of carbonyl (C=O) groups is 1. The summed E-state index contributed by atoms with van der Waals surface area (Å²) in [5.74, 6) is -0.482. The van der Waals surface area contributed by atoms with E-state index in [2.05, 4.69) is 15.3 Å². The first kappa shape index (κ1) is 15.3. The Kier molecular flexibility index (Phi) is 4.43. The van der Waals surface area contributed by atoms with Crippen LogP contribution < -0.4 is 5.32 Å². The van der Waals surface area contributed by atoms with Crippen molar-refractivity contribution in [3.63, 3.8) is 0 Å². The minimum absolute atomic E-state index is 0.188. The average Bonchev–Trinajstić information content (AvgIpc) is 2.97. The Balaban J connectivity index is 1.72. The summed E-state index contributed by atoms with van der Waals surface area (Å²) in [7, 11) is 0. The first-order chi connectivity index (χ1) is 11.1. The quantitative estimate of drug-likeness (QED) is 0.797. The number of hydrogen-bond acceptors (Lipinski definition) is 4. The Labute approximate surface area is 137 Å². The van der Waals surface area contributed by atoms with E-state index in [1.165, 1.54) is 23.5 Å². The molecule has 0 atom stereocenters. The third-order valence-electron chi connectivity index (χ3n) is 3.25. The SMILES string of the molecule is Cc1nc(-c2ccccn2)sc1C(=O)NCc1ccc(F)cc1. The molecule has 0 saturated heterocycles. The van der Waals surface area contributed by atoms with Gasteiger partial charge in [0.15, 0.2) is 0 Å². The van der Waals surface area contributed by atoms with E-state index in [4.69, 9.17) is 0 Å². The van der Waals surface area contributed by atoms with Gasteiger partial charge in [0.1, 0.15) is 15.7 Å². The molecule has 0 bridgehead atoms. The van der Waals surface area contributed by atoms with Gasteiger partial charge in [-0.25, -0.2) is 9.37 Å². The predicted octanol–water partition coefficient (Wildman–Crippen LogP) is 3.58. The number of rotatable bonds is 4. The summed E-state index contributed by atoms with van der Waals surface area (Å²) >= 11 is 1.31. The van der Waals surface area contributed by atoms with Gasteiger partial charge in [0.05, 0.1) is 11.4 Å². The van der Waals surface area contributed by atoms with Crippen LogP contribution in [0, 0.1) is 12.7 Å². The second-order valence-electron chi connectivity index (χ2n) is 4.96. The second-order valence-corrected chi connectivity index (χ2v) is 5.96. The van der Waals surface area contributed by atoms with Gasteiger partial charge in [-0.15, -0.1) is 11.3 Å². The van der Waals surface area contributed by atoms with E-state index >= 15 is 0 Å². The van der Waals surface area contributed by atoms with Crippen molar-refractivity contribution in [2.24, 2.45) is 0 Å². The number of hydrogen-bond donors (Lipinski definition) is 1. The van der Waals surface area contributed by atoms with Crippen LogP contribution in [0.4, 0.5) is 4.39 Å². The number of thiazole rings is 1. The zero-order chi connectivity index (χ0) is 16.2. The van der Waals surface area contributed by atoms with Crippen molar-refractivity contribution in [2.45, 2.75) is 13.5 Å². The van der Waals surface area contributed by atoms with Crippen LogP contribution in [0.5, 0.6) is 0 Å². The largest absolute Gasteiger partial charge is 0.347 e. The standard InChI is InChI=1S/C17H14FN3OS/c1-11-15(23-17(21-11)14-4-2-3-9-19-14)16(22)20-10-12-5-7-13(18)8-6-12/h2-9H,10H2,1H3,(H,20,22). The van der Waals surface area contributed by atoms with E-state index in [1.807, 2.05) is 18.2 Å². The van der Waals surface area contributed by atoms with Gasteiger partial charge in [0.25, 0.3) is 5.91 Å². The molecule has 0 saturated carbocycles. The molecule has 6 heteroatoms. The first-order valence-corrected chi connectivity index (χ1v) is 7.86. The van der Waals surface area contributed by atoms with Crippen LogP contribution >= 0.6 is 11.3 Å². The van der Waals surface area contributed by atoms with Crippen molar-refractivity contribution in [3.8, 4) is 10.7 Å². The summed E-state index contributed by atoms with van der Waals surface area (Å²) in [5, 5.41) is 3.55. The molecule has 0 fully saturated rings. The number of nitrogens with one attached hydrogen (secondary N) is 1. The molecule has 0 aliphatic rings. The van der Waals surface area contributed by atoms with E-state index in [-0.39, 0.29) is 11.7 Å². The van der Waals surface area contributed by atoms with Crippen molar-refractivity contribution >= 4 is 17.2 Å². The summed E-state index contributed by atoms with van der Waals surface area (Å²) in [6.07, 6.45) is 1.69. The molecule has 0 aliphatic heterocycles. The van der Waals surface area contributed by atoms with Crippen molar-refractivity contribution in [1.29, 1.82) is 0 Å². The topological polar surface area (TPSA) is 54.9 Å². The Morgan fingerprint density at radius 1 is 1.22 bits per heavy atom. The summed E-state index contributed by atoms with van der Waals surface area (Å²) in [6, 6.07) is 11.6. The third-order valence-corrected chi connectivity index (χ3v) is 4.43. The van der Waals surface area contributed by atoms with Gasteiger partial charge in [-0.05, 0) is 36.8 Å². The maximum Gasteiger partial charge on any atom is 0.263 e. The Bertz CT molecular complexity index is 816. The summed E-state index contributed by atoms with van der Waals surface area (Å²) in [5.41, 5.74) is 2.26. The van der Waals surface area contributed by atoms with Gasteiger partial charge in [0.2, 0.25) is 0 Å². The molecule has 1 aromatic carbocycles. The fourth-order valence-electron chi connectivity index (χ4n) is 2.07. The molecule has 3 rings (SSSR count). The molecule has 0 aliphatic carbocycles. The minimum atomic E-state index is -0.293. The molecule has 2 aromatic heterocycles. The average molecular weight is 327 g/mol. The zero-order valence-electron chi connectivity index (χ0n) is 12.4. The van der Waals surface area contributed by atoms with Crippen molar-refractivity contribution in [3.05, 3.63) is 70.6 Å². The number of halogens is 1. The number of nitrogens with zero attached hydrogens (tertiary/aromatic N) is 2. The van der Waals surface area contributed by atoms with E-state index in [1.54, 1.807) is 25.3 Å². The summed E-state index contributed by atoms with van der Waals surface area (Å²) in [6.45, 7) is 2.14. The Morgan fingerprint density at radius 2 is 2.00 bits per heavy atom. The molecule has 23 heavy (non-hydrogen) atoms. The van der Waals surface area contributed by atoms with Gasteiger partial charge >= 0.3 is 0 Å². The highest BCUT2D eigenvalue weighted by Gasteiger charge is 2.16. The molecule has 0 spiro atoms. The van der Waals surface area contributed by atoms with Gasteiger partial charge < -0.3 is 5.32 Å². The van der Waals surface area contributed by atoms with Gasteiger partial charge in [-0.3, -0.25) is 9.78 Å². The lowest BCUT2D eigenvalue weighted by Crippen LogP contribution is -2.22. The number of pyridine rings is 1. The smallest absolute Gasteiger partial charge is 0.263 e. The number of amides is 1. The van der Waals surface area contributed by atoms with Crippen molar-refractivity contribution in [2.75, 3.05) is 0 Å². The highest BCUT2D eigenvalue weighted by atomic mass is 32.1. The molecule has 0 radical (unpaired) electrons. The Morgan fingerprint density at radius 3 is 2.70 bits per heavy atom. The molecule has 116 valence electrons. The van der Waals surface area contributed by atoms with Gasteiger partial charge in [-0.1, -0.05) is 18.2 Å².